The molecule has 6 N–H and O–H groups in total. The summed E-state index contributed by atoms with van der Waals surface area (Å²) in [6.07, 6.45) is 1.37. The van der Waals surface area contributed by atoms with Crippen molar-refractivity contribution in [2.24, 2.45) is 11.1 Å². The van der Waals surface area contributed by atoms with Gasteiger partial charge in [0.05, 0.1) is 0 Å². The van der Waals surface area contributed by atoms with E-state index in [-0.39, 0.29) is 31.0 Å². The molecule has 0 radical (unpaired) electrons. The highest BCUT2D eigenvalue weighted by atomic mass is 16.4. The number of nitrogens with two attached hydrogens (primary N) is 1. The minimum absolute atomic E-state index is 0.123. The number of carboxylic acids is 1. The van der Waals surface area contributed by atoms with E-state index in [0.29, 0.717) is 19.4 Å². The van der Waals surface area contributed by atoms with Crippen LogP contribution in [0.15, 0.2) is 0 Å². The normalized spacial score (nSPS) is 10.7. The summed E-state index contributed by atoms with van der Waals surface area (Å²) >= 11 is 0. The van der Waals surface area contributed by atoms with Crippen LogP contribution in [-0.2, 0) is 4.79 Å². The molecule has 0 saturated carbocycles. The highest BCUT2D eigenvalue weighted by molar-refractivity contribution is 5.74. The van der Waals surface area contributed by atoms with Crippen LogP contribution in [0.5, 0.6) is 0 Å². The fraction of sp³-hybridized carbons (Fsp3) is 0.750. The maximum Gasteiger partial charge on any atom is 0.314 e. The van der Waals surface area contributed by atoms with E-state index in [1.54, 1.807) is 0 Å². The molecule has 0 saturated heterocycles. The van der Waals surface area contributed by atoms with Crippen molar-refractivity contribution in [2.45, 2.75) is 33.1 Å². The first-order chi connectivity index (χ1) is 9.23. The summed E-state index contributed by atoms with van der Waals surface area (Å²) in [6, 6.07) is -0.960. The molecule has 4 amide bonds. The van der Waals surface area contributed by atoms with Crippen LogP contribution in [0.2, 0.25) is 0 Å². The van der Waals surface area contributed by atoms with Gasteiger partial charge in [-0.3, -0.25) is 4.79 Å². The Bertz CT molecular complexity index is 344. The second-order valence-corrected chi connectivity index (χ2v) is 5.28. The number of carbonyl (C=O) groups excluding carboxylic acids is 2. The van der Waals surface area contributed by atoms with E-state index >= 15 is 0 Å². The molecule has 0 aromatic rings. The Hall–Kier alpha value is -1.99. The molecule has 8 heteroatoms. The molecule has 0 fully saturated rings. The Kier molecular flexibility index (Phi) is 8.10. The maximum absolute atomic E-state index is 11.4. The third-order valence-corrected chi connectivity index (χ3v) is 2.81. The lowest BCUT2D eigenvalue weighted by molar-refractivity contribution is -0.137. The smallest absolute Gasteiger partial charge is 0.314 e. The van der Waals surface area contributed by atoms with Gasteiger partial charge in [-0.15, -0.1) is 0 Å². The van der Waals surface area contributed by atoms with Crippen LogP contribution in [0.1, 0.15) is 33.1 Å². The summed E-state index contributed by atoms with van der Waals surface area (Å²) in [4.78, 5) is 32.3. The highest BCUT2D eigenvalue weighted by Crippen LogP contribution is 2.25. The largest absolute Gasteiger partial charge is 0.481 e. The van der Waals surface area contributed by atoms with Gasteiger partial charge in [-0.25, -0.2) is 9.59 Å². The molecule has 8 nitrogen and oxygen atoms in total. The zero-order chi connectivity index (χ0) is 15.6. The van der Waals surface area contributed by atoms with E-state index in [0.717, 1.165) is 0 Å². The average molecular weight is 288 g/mol. The standard InChI is InChI=1S/C12H24N4O4/c1-12(2,4-3-9(17)18)5-6-15-11(20)16-8-7-14-10(13)19/h3-8H2,1-2H3,(H,17,18)(H3,13,14,19)(H2,15,16,20). The van der Waals surface area contributed by atoms with Crippen molar-refractivity contribution in [3.8, 4) is 0 Å². The van der Waals surface area contributed by atoms with E-state index in [1.807, 2.05) is 13.8 Å². The van der Waals surface area contributed by atoms with Gasteiger partial charge in [0.15, 0.2) is 0 Å². The summed E-state index contributed by atoms with van der Waals surface area (Å²) in [5.41, 5.74) is 4.73. The predicted molar refractivity (Wildman–Crippen MR) is 74.3 cm³/mol. The molecule has 0 aliphatic heterocycles. The van der Waals surface area contributed by atoms with Crippen molar-refractivity contribution in [2.75, 3.05) is 19.6 Å². The molecular weight excluding hydrogens is 264 g/mol. The molecule has 0 atom stereocenters. The number of carboxylic acid groups (broad SMARTS) is 1. The number of nitrogens with one attached hydrogen (secondary N) is 3. The molecule has 0 rings (SSSR count). The third kappa shape index (κ3) is 11.1. The van der Waals surface area contributed by atoms with Crippen molar-refractivity contribution < 1.29 is 19.5 Å². The minimum atomic E-state index is -0.814. The number of carbonyl (C=O) groups is 3. The van der Waals surface area contributed by atoms with Crippen molar-refractivity contribution >= 4 is 18.0 Å². The van der Waals surface area contributed by atoms with E-state index < -0.39 is 12.0 Å². The van der Waals surface area contributed by atoms with Crippen LogP contribution in [0.3, 0.4) is 0 Å². The Labute approximate surface area is 118 Å². The second kappa shape index (κ2) is 9.00. The van der Waals surface area contributed by atoms with Crippen LogP contribution in [0.4, 0.5) is 9.59 Å². The lowest BCUT2D eigenvalue weighted by Gasteiger charge is -2.23. The van der Waals surface area contributed by atoms with Gasteiger partial charge in [0.2, 0.25) is 0 Å². The molecule has 0 aromatic carbocycles. The topological polar surface area (TPSA) is 134 Å². The molecule has 0 heterocycles. The number of rotatable bonds is 9. The fourth-order valence-corrected chi connectivity index (χ4v) is 1.51. The van der Waals surface area contributed by atoms with Crippen LogP contribution >= 0.6 is 0 Å². The van der Waals surface area contributed by atoms with E-state index in [1.165, 1.54) is 0 Å². The van der Waals surface area contributed by atoms with Crippen LogP contribution in [-0.4, -0.2) is 42.8 Å². The molecule has 0 unspecified atom stereocenters. The molecule has 20 heavy (non-hydrogen) atoms. The summed E-state index contributed by atoms with van der Waals surface area (Å²) in [6.45, 7) is 4.95. The molecule has 116 valence electrons. The van der Waals surface area contributed by atoms with Gasteiger partial charge < -0.3 is 26.8 Å². The van der Waals surface area contributed by atoms with Crippen molar-refractivity contribution in [1.29, 1.82) is 0 Å². The number of primary amides is 1. The minimum Gasteiger partial charge on any atom is -0.481 e. The van der Waals surface area contributed by atoms with Crippen molar-refractivity contribution in [1.82, 2.24) is 16.0 Å². The predicted octanol–water partition coefficient (Wildman–Crippen LogP) is 0.235. The van der Waals surface area contributed by atoms with Gasteiger partial charge in [-0.1, -0.05) is 13.8 Å². The van der Waals surface area contributed by atoms with Crippen LogP contribution in [0, 0.1) is 5.41 Å². The Morgan fingerprint density at radius 1 is 1.00 bits per heavy atom. The number of hydrogen-bond acceptors (Lipinski definition) is 3. The Morgan fingerprint density at radius 3 is 2.10 bits per heavy atom. The maximum atomic E-state index is 11.4. The van der Waals surface area contributed by atoms with Gasteiger partial charge in [-0.2, -0.15) is 0 Å². The van der Waals surface area contributed by atoms with Crippen LogP contribution < -0.4 is 21.7 Å². The summed E-state index contributed by atoms with van der Waals surface area (Å²) in [5, 5.41) is 16.2. The van der Waals surface area contributed by atoms with Gasteiger partial charge in [0.25, 0.3) is 0 Å². The molecule has 0 aliphatic rings. The Balaban J connectivity index is 3.68. The molecular formula is C12H24N4O4. The summed E-state index contributed by atoms with van der Waals surface area (Å²) < 4.78 is 0. The average Bonchev–Trinajstić information content (AvgIpc) is 2.32. The zero-order valence-electron chi connectivity index (χ0n) is 12.0. The number of hydrogen-bond donors (Lipinski definition) is 5. The lowest BCUT2D eigenvalue weighted by atomic mass is 9.84. The lowest BCUT2D eigenvalue weighted by Crippen LogP contribution is -2.42. The first-order valence-corrected chi connectivity index (χ1v) is 6.50. The SMILES string of the molecule is CC(C)(CCNC(=O)NCCNC(N)=O)CCC(=O)O. The molecule has 0 aromatic heterocycles. The van der Waals surface area contributed by atoms with Gasteiger partial charge >= 0.3 is 18.0 Å². The first-order valence-electron chi connectivity index (χ1n) is 6.50. The molecule has 0 bridgehead atoms. The quantitative estimate of drug-likeness (QED) is 0.388. The Morgan fingerprint density at radius 2 is 1.55 bits per heavy atom. The van der Waals surface area contributed by atoms with Crippen molar-refractivity contribution in [3.63, 3.8) is 0 Å². The van der Waals surface area contributed by atoms with Crippen molar-refractivity contribution in [3.05, 3.63) is 0 Å². The fourth-order valence-electron chi connectivity index (χ4n) is 1.51. The van der Waals surface area contributed by atoms with E-state index in [2.05, 4.69) is 16.0 Å². The first kappa shape index (κ1) is 18.0. The number of urea groups is 2. The second-order valence-electron chi connectivity index (χ2n) is 5.28. The van der Waals surface area contributed by atoms with Crippen LogP contribution in [0.25, 0.3) is 0 Å². The number of amides is 4. The zero-order valence-corrected chi connectivity index (χ0v) is 12.0. The van der Waals surface area contributed by atoms with Gasteiger partial charge in [-0.05, 0) is 18.3 Å². The summed E-state index contributed by atoms with van der Waals surface area (Å²) in [7, 11) is 0. The highest BCUT2D eigenvalue weighted by Gasteiger charge is 2.19. The molecule has 0 aliphatic carbocycles. The van der Waals surface area contributed by atoms with E-state index in [9.17, 15) is 14.4 Å². The van der Waals surface area contributed by atoms with Gasteiger partial charge in [0, 0.05) is 26.1 Å². The van der Waals surface area contributed by atoms with Gasteiger partial charge in [0.1, 0.15) is 0 Å². The third-order valence-electron chi connectivity index (χ3n) is 2.81. The molecule has 0 spiro atoms. The number of aliphatic carboxylic acids is 1. The monoisotopic (exact) mass is 288 g/mol. The summed E-state index contributed by atoms with van der Waals surface area (Å²) in [5.74, 6) is -0.814. The van der Waals surface area contributed by atoms with E-state index in [4.69, 9.17) is 10.8 Å².